The van der Waals surface area contributed by atoms with E-state index >= 15 is 0 Å². The molecule has 26 heavy (non-hydrogen) atoms. The van der Waals surface area contributed by atoms with Crippen molar-refractivity contribution in [3.8, 4) is 22.9 Å². The zero-order valence-corrected chi connectivity index (χ0v) is 14.8. The van der Waals surface area contributed by atoms with Gasteiger partial charge in [0.2, 0.25) is 0 Å². The molecule has 0 spiro atoms. The Hall–Kier alpha value is -3.06. The van der Waals surface area contributed by atoms with Crippen LogP contribution >= 0.6 is 0 Å². The maximum atomic E-state index is 10.9. The number of hydrogen-bond acceptors (Lipinski definition) is 4. The first-order valence-electron chi connectivity index (χ1n) is 8.75. The molecule has 0 radical (unpaired) electrons. The first kappa shape index (κ1) is 19.3. The van der Waals surface area contributed by atoms with Crippen LogP contribution in [0.15, 0.2) is 61.2 Å². The Balaban J connectivity index is 1.65. The van der Waals surface area contributed by atoms with Gasteiger partial charge < -0.3 is 9.47 Å². The summed E-state index contributed by atoms with van der Waals surface area (Å²) >= 11 is 0. The molecule has 0 aliphatic heterocycles. The third-order valence-corrected chi connectivity index (χ3v) is 3.92. The van der Waals surface area contributed by atoms with Gasteiger partial charge in [0.05, 0.1) is 24.8 Å². The maximum Gasteiger partial charge on any atom is 0.330 e. The number of rotatable bonds is 10. The highest BCUT2D eigenvalue weighted by Gasteiger charge is 2.00. The van der Waals surface area contributed by atoms with Crippen LogP contribution in [-0.4, -0.2) is 19.2 Å². The number of hydrogen-bond donors (Lipinski definition) is 0. The second-order valence-corrected chi connectivity index (χ2v) is 5.85. The third kappa shape index (κ3) is 6.45. The minimum Gasteiger partial charge on any atom is -0.494 e. The summed E-state index contributed by atoms with van der Waals surface area (Å²) in [5, 5.41) is 8.84. The van der Waals surface area contributed by atoms with Gasteiger partial charge in [-0.05, 0) is 61.1 Å². The monoisotopic (exact) mass is 349 g/mol. The summed E-state index contributed by atoms with van der Waals surface area (Å²) in [7, 11) is 0. The molecule has 2 aromatic rings. The van der Waals surface area contributed by atoms with Crippen molar-refractivity contribution in [2.24, 2.45) is 0 Å². The molecule has 134 valence electrons. The Bertz CT molecular complexity index is 742. The average molecular weight is 349 g/mol. The van der Waals surface area contributed by atoms with Gasteiger partial charge in [-0.2, -0.15) is 5.26 Å². The number of carbonyl (C=O) groups excluding carboxylic acids is 1. The van der Waals surface area contributed by atoms with Gasteiger partial charge in [0.15, 0.2) is 0 Å². The van der Waals surface area contributed by atoms with Crippen molar-refractivity contribution in [2.75, 3.05) is 13.2 Å². The molecule has 0 saturated heterocycles. The van der Waals surface area contributed by atoms with Gasteiger partial charge in [0.25, 0.3) is 0 Å². The van der Waals surface area contributed by atoms with Crippen LogP contribution < -0.4 is 4.74 Å². The summed E-state index contributed by atoms with van der Waals surface area (Å²) in [6.45, 7) is 4.47. The first-order chi connectivity index (χ1) is 12.7. The van der Waals surface area contributed by atoms with E-state index in [0.717, 1.165) is 42.6 Å². The van der Waals surface area contributed by atoms with Crippen LogP contribution in [0.2, 0.25) is 0 Å². The lowest BCUT2D eigenvalue weighted by Gasteiger charge is -2.08. The molecule has 0 atom stereocenters. The van der Waals surface area contributed by atoms with E-state index in [1.807, 2.05) is 48.5 Å². The normalized spacial score (nSPS) is 9.96. The van der Waals surface area contributed by atoms with Gasteiger partial charge in [-0.25, -0.2) is 4.79 Å². The number of nitriles is 1. The molecule has 2 rings (SSSR count). The van der Waals surface area contributed by atoms with E-state index in [1.165, 1.54) is 6.08 Å². The molecule has 0 amide bonds. The number of esters is 1. The Morgan fingerprint density at radius 2 is 1.50 bits per heavy atom. The average Bonchev–Trinajstić information content (AvgIpc) is 2.70. The van der Waals surface area contributed by atoms with Gasteiger partial charge >= 0.3 is 5.97 Å². The molecule has 0 heterocycles. The van der Waals surface area contributed by atoms with Crippen LogP contribution in [0.25, 0.3) is 11.1 Å². The SMILES string of the molecule is C=CC(=O)OCCCCCCOc1ccc(-c2ccc(C#N)cc2)cc1. The first-order valence-corrected chi connectivity index (χ1v) is 8.75. The second-order valence-electron chi connectivity index (χ2n) is 5.85. The molecular formula is C22H23NO3. The zero-order valence-electron chi connectivity index (χ0n) is 14.8. The lowest BCUT2D eigenvalue weighted by atomic mass is 10.0. The predicted molar refractivity (Wildman–Crippen MR) is 102 cm³/mol. The summed E-state index contributed by atoms with van der Waals surface area (Å²) in [6, 6.07) is 17.6. The van der Waals surface area contributed by atoms with Gasteiger partial charge in [0.1, 0.15) is 5.75 Å². The topological polar surface area (TPSA) is 59.3 Å². The van der Waals surface area contributed by atoms with Crippen LogP contribution in [0.1, 0.15) is 31.2 Å². The maximum absolute atomic E-state index is 10.9. The van der Waals surface area contributed by atoms with Gasteiger partial charge in [-0.15, -0.1) is 0 Å². The van der Waals surface area contributed by atoms with Crippen LogP contribution in [0.4, 0.5) is 0 Å². The highest BCUT2D eigenvalue weighted by molar-refractivity contribution is 5.81. The zero-order chi connectivity index (χ0) is 18.6. The molecule has 0 aliphatic rings. The van der Waals surface area contributed by atoms with E-state index in [-0.39, 0.29) is 5.97 Å². The second kappa shape index (κ2) is 10.7. The van der Waals surface area contributed by atoms with Crippen molar-refractivity contribution in [2.45, 2.75) is 25.7 Å². The van der Waals surface area contributed by atoms with Crippen molar-refractivity contribution >= 4 is 5.97 Å². The van der Waals surface area contributed by atoms with Crippen molar-refractivity contribution in [1.82, 2.24) is 0 Å². The Labute approximate surface area is 154 Å². The smallest absolute Gasteiger partial charge is 0.330 e. The summed E-state index contributed by atoms with van der Waals surface area (Å²) in [4.78, 5) is 10.9. The molecule has 0 unspecified atom stereocenters. The van der Waals surface area contributed by atoms with Crippen molar-refractivity contribution in [3.63, 3.8) is 0 Å². The molecule has 4 heteroatoms. The summed E-state index contributed by atoms with van der Waals surface area (Å²) in [5.74, 6) is 0.486. The largest absolute Gasteiger partial charge is 0.494 e. The standard InChI is InChI=1S/C22H23NO3/c1-2-22(24)26-16-6-4-3-5-15-25-21-13-11-20(12-14-21)19-9-7-18(17-23)8-10-19/h2,7-14H,1,3-6,15-16H2. The van der Waals surface area contributed by atoms with E-state index < -0.39 is 0 Å². The molecule has 0 aromatic heterocycles. The highest BCUT2D eigenvalue weighted by Crippen LogP contribution is 2.23. The number of nitrogens with zero attached hydrogens (tertiary/aromatic N) is 1. The van der Waals surface area contributed by atoms with Crippen LogP contribution in [0.5, 0.6) is 5.75 Å². The van der Waals surface area contributed by atoms with E-state index in [0.29, 0.717) is 18.8 Å². The number of benzene rings is 2. The summed E-state index contributed by atoms with van der Waals surface area (Å²) < 4.78 is 10.7. The predicted octanol–water partition coefficient (Wildman–Crippen LogP) is 4.89. The fraction of sp³-hybridized carbons (Fsp3) is 0.273. The van der Waals surface area contributed by atoms with E-state index in [1.54, 1.807) is 0 Å². The van der Waals surface area contributed by atoms with E-state index in [4.69, 9.17) is 14.7 Å². The Morgan fingerprint density at radius 1 is 0.923 bits per heavy atom. The molecule has 0 fully saturated rings. The molecule has 0 aliphatic carbocycles. The summed E-state index contributed by atoms with van der Waals surface area (Å²) in [6.07, 6.45) is 5.05. The molecule has 0 saturated carbocycles. The number of carbonyl (C=O) groups is 1. The van der Waals surface area contributed by atoms with Gasteiger partial charge in [-0.1, -0.05) is 30.8 Å². The van der Waals surface area contributed by atoms with Crippen molar-refractivity contribution in [1.29, 1.82) is 5.26 Å². The van der Waals surface area contributed by atoms with E-state index in [2.05, 4.69) is 12.6 Å². The molecule has 0 bridgehead atoms. The minimum atomic E-state index is -0.363. The van der Waals surface area contributed by atoms with Crippen LogP contribution in [0, 0.1) is 11.3 Å². The fourth-order valence-corrected chi connectivity index (χ4v) is 2.46. The lowest BCUT2D eigenvalue weighted by Crippen LogP contribution is -2.02. The van der Waals surface area contributed by atoms with Crippen LogP contribution in [0.3, 0.4) is 0 Å². The molecule has 4 nitrogen and oxygen atoms in total. The number of unbranched alkanes of at least 4 members (excludes halogenated alkanes) is 3. The van der Waals surface area contributed by atoms with E-state index in [9.17, 15) is 4.79 Å². The van der Waals surface area contributed by atoms with Crippen molar-refractivity contribution in [3.05, 3.63) is 66.7 Å². The van der Waals surface area contributed by atoms with Gasteiger partial charge in [-0.3, -0.25) is 0 Å². The Kier molecular flexibility index (Phi) is 7.95. The lowest BCUT2D eigenvalue weighted by molar-refractivity contribution is -0.137. The number of ether oxygens (including phenoxy) is 2. The molecule has 2 aromatic carbocycles. The van der Waals surface area contributed by atoms with Crippen molar-refractivity contribution < 1.29 is 14.3 Å². The summed E-state index contributed by atoms with van der Waals surface area (Å²) in [5.41, 5.74) is 2.83. The third-order valence-electron chi connectivity index (χ3n) is 3.92. The Morgan fingerprint density at radius 3 is 2.08 bits per heavy atom. The molecular weight excluding hydrogens is 326 g/mol. The molecule has 0 N–H and O–H groups in total. The van der Waals surface area contributed by atoms with Gasteiger partial charge in [0, 0.05) is 6.08 Å². The fourth-order valence-electron chi connectivity index (χ4n) is 2.46. The minimum absolute atomic E-state index is 0.363. The van der Waals surface area contributed by atoms with Crippen LogP contribution in [-0.2, 0) is 9.53 Å². The quantitative estimate of drug-likeness (QED) is 0.348. The highest BCUT2D eigenvalue weighted by atomic mass is 16.5.